The molecule has 5 saturated heterocycles. The van der Waals surface area contributed by atoms with E-state index in [-0.39, 0.29) is 71.7 Å². The lowest BCUT2D eigenvalue weighted by Gasteiger charge is -2.45. The van der Waals surface area contributed by atoms with Crippen molar-refractivity contribution in [1.29, 1.82) is 0 Å². The van der Waals surface area contributed by atoms with Crippen molar-refractivity contribution in [2.75, 3.05) is 7.11 Å². The van der Waals surface area contributed by atoms with Crippen LogP contribution in [0, 0.1) is 12.8 Å². The van der Waals surface area contributed by atoms with Crippen molar-refractivity contribution in [3.05, 3.63) is 28.8 Å². The third-order valence-electron chi connectivity index (χ3n) is 15.3. The lowest BCUT2D eigenvalue weighted by atomic mass is 9.75. The van der Waals surface area contributed by atoms with Gasteiger partial charge in [0.05, 0.1) is 78.1 Å². The summed E-state index contributed by atoms with van der Waals surface area (Å²) < 4.78 is 66.4. The second-order valence-corrected chi connectivity index (χ2v) is 20.5. The van der Waals surface area contributed by atoms with Gasteiger partial charge in [-0.1, -0.05) is 0 Å². The Labute approximate surface area is 421 Å². The first-order chi connectivity index (χ1) is 34.4. The molecule has 0 radical (unpaired) electrons. The van der Waals surface area contributed by atoms with Crippen molar-refractivity contribution in [1.82, 2.24) is 0 Å². The third kappa shape index (κ3) is 11.6. The van der Waals surface area contributed by atoms with Crippen molar-refractivity contribution in [3.8, 4) is 17.2 Å². The van der Waals surface area contributed by atoms with Crippen LogP contribution in [0.25, 0.3) is 10.8 Å². The first-order valence-electron chi connectivity index (χ1n) is 25.0. The standard InChI is InChI=1S/C50H72O23/c1-17-29(69-35-14-30(44(58)21(5)66-35)70-33-12-27(52)42(56)19(3)64-33)11-25-9-24-10-26(49(63-8)41(55)18(2)51)50(48(62)39(24)47(61)38(25)40(17)54)73-37-16-32(46(60)23(7)68-37)72-36-15-31(45(59)22(6)67-36)71-34-13-28(53)43(57)20(4)65-34/h9,11,19-23,26-28,30-37,41-46,49-50,52-61H,10,12-16H2,1-8H3/t19?,20?,21?,22?,23?,26-,27?,28?,30?,31?,32?,33?,34?,35?,36?,37?,41-,42?,43?,44?,45?,46?,49-,50-/m0/s1. The number of benzene rings is 2. The summed E-state index contributed by atoms with van der Waals surface area (Å²) in [5.74, 6) is -3.41. The molecule has 24 atom stereocenters. The molecule has 6 aliphatic rings. The minimum Gasteiger partial charge on any atom is -0.507 e. The number of aliphatic hydroxyl groups excluding tert-OH is 8. The van der Waals surface area contributed by atoms with Crippen LogP contribution >= 0.6 is 0 Å². The van der Waals surface area contributed by atoms with Crippen molar-refractivity contribution in [2.24, 2.45) is 5.92 Å². The maximum absolute atomic E-state index is 14.9. The van der Waals surface area contributed by atoms with E-state index in [4.69, 9.17) is 52.1 Å². The van der Waals surface area contributed by atoms with E-state index in [1.54, 1.807) is 40.7 Å². The summed E-state index contributed by atoms with van der Waals surface area (Å²) in [6.07, 6.45) is -25.1. The molecule has 5 heterocycles. The molecule has 23 heteroatoms. The molecule has 2 aromatic rings. The molecule has 0 aromatic heterocycles. The number of methoxy groups -OCH3 is 1. The number of ether oxygens (including phenoxy) is 11. The molecule has 23 nitrogen and oxygen atoms in total. The van der Waals surface area contributed by atoms with Crippen LogP contribution in [0.1, 0.15) is 95.1 Å². The van der Waals surface area contributed by atoms with Gasteiger partial charge in [-0.2, -0.15) is 0 Å². The summed E-state index contributed by atoms with van der Waals surface area (Å²) in [7, 11) is 1.26. The summed E-state index contributed by atoms with van der Waals surface area (Å²) in [6, 6.07) is 3.11. The van der Waals surface area contributed by atoms with Gasteiger partial charge in [0, 0.05) is 50.7 Å². The fourth-order valence-electron chi connectivity index (χ4n) is 10.9. The van der Waals surface area contributed by atoms with Crippen LogP contribution in [0.4, 0.5) is 0 Å². The Hall–Kier alpha value is -3.28. The SMILES string of the molecule is CO[C@@H]([C@@H]1Cc2cc3cc(OC4CC(OC5CC(O)C(O)C(C)O5)C(O)C(C)O4)c(C)c(O)c3c(O)c2C(=O)[C@H]1OC1CC(OC2CC(OC3CC(O)C(O)C(C)O3)C(O)C(C)O2)C(O)C(C)O1)[C@@H](O)C(C)=O. The predicted octanol–water partition coefficient (Wildman–Crippen LogP) is -0.000280. The molecule has 0 amide bonds. The fraction of sp³-hybridized carbons (Fsp3) is 0.760. The second kappa shape index (κ2) is 22.7. The van der Waals surface area contributed by atoms with Gasteiger partial charge in [-0.15, -0.1) is 0 Å². The zero-order valence-electron chi connectivity index (χ0n) is 42.0. The lowest BCUT2D eigenvalue weighted by molar-refractivity contribution is -0.329. The molecule has 0 saturated carbocycles. The molecule has 20 unspecified atom stereocenters. The largest absolute Gasteiger partial charge is 0.507 e. The highest BCUT2D eigenvalue weighted by molar-refractivity contribution is 6.11. The fourth-order valence-corrected chi connectivity index (χ4v) is 10.9. The number of rotatable bonds is 14. The first-order valence-corrected chi connectivity index (χ1v) is 25.0. The average Bonchev–Trinajstić information content (AvgIpc) is 3.32. The molecule has 410 valence electrons. The number of hydrogen-bond acceptors (Lipinski definition) is 23. The van der Waals surface area contributed by atoms with Gasteiger partial charge < -0.3 is 103 Å². The van der Waals surface area contributed by atoms with Crippen LogP contribution in [0.15, 0.2) is 12.1 Å². The monoisotopic (exact) mass is 1040 g/mol. The Balaban J connectivity index is 1.03. The van der Waals surface area contributed by atoms with Gasteiger partial charge in [0.1, 0.15) is 60.0 Å². The highest BCUT2D eigenvalue weighted by Crippen LogP contribution is 2.47. The van der Waals surface area contributed by atoms with Gasteiger partial charge in [-0.3, -0.25) is 9.59 Å². The molecule has 2 aromatic carbocycles. The maximum Gasteiger partial charge on any atom is 0.202 e. The highest BCUT2D eigenvalue weighted by Gasteiger charge is 2.50. The summed E-state index contributed by atoms with van der Waals surface area (Å²) in [5, 5.41) is 109. The molecule has 5 fully saturated rings. The second-order valence-electron chi connectivity index (χ2n) is 20.5. The molecule has 10 N–H and O–H groups in total. The third-order valence-corrected chi connectivity index (χ3v) is 15.3. The van der Waals surface area contributed by atoms with E-state index < -0.39 is 170 Å². The smallest absolute Gasteiger partial charge is 0.202 e. The van der Waals surface area contributed by atoms with E-state index in [2.05, 4.69) is 0 Å². The van der Waals surface area contributed by atoms with Crippen molar-refractivity contribution < 1.29 is 113 Å². The van der Waals surface area contributed by atoms with Gasteiger partial charge in [-0.05, 0) is 78.0 Å². The minimum atomic E-state index is -1.72. The van der Waals surface area contributed by atoms with Crippen molar-refractivity contribution in [2.45, 2.75) is 228 Å². The number of aliphatic hydroxyl groups is 8. The van der Waals surface area contributed by atoms with Crippen LogP contribution in [-0.2, 0) is 58.6 Å². The van der Waals surface area contributed by atoms with Gasteiger partial charge >= 0.3 is 0 Å². The van der Waals surface area contributed by atoms with Gasteiger partial charge in [0.2, 0.25) is 6.29 Å². The Bertz CT molecular complexity index is 2240. The normalized spacial score (nSPS) is 42.3. The molecule has 5 aliphatic heterocycles. The van der Waals surface area contributed by atoms with Crippen LogP contribution in [0.5, 0.6) is 17.2 Å². The first kappa shape index (κ1) is 55.9. The lowest BCUT2D eigenvalue weighted by Crippen LogP contribution is -2.56. The Morgan fingerprint density at radius 3 is 1.49 bits per heavy atom. The number of fused-ring (bicyclic) bond motifs is 2. The molecule has 1 aliphatic carbocycles. The molecule has 0 bridgehead atoms. The number of ketones is 2. The summed E-state index contributed by atoms with van der Waals surface area (Å²) in [5.41, 5.74) is 0.218. The van der Waals surface area contributed by atoms with E-state index in [0.29, 0.717) is 0 Å². The van der Waals surface area contributed by atoms with Crippen LogP contribution in [0.3, 0.4) is 0 Å². The van der Waals surface area contributed by atoms with Crippen LogP contribution in [0.2, 0.25) is 0 Å². The Morgan fingerprint density at radius 2 is 1.04 bits per heavy atom. The number of phenols is 2. The van der Waals surface area contributed by atoms with Crippen molar-refractivity contribution in [3.63, 3.8) is 0 Å². The molecular formula is C50H72O23. The van der Waals surface area contributed by atoms with E-state index in [9.17, 15) is 60.7 Å². The molecular weight excluding hydrogens is 969 g/mol. The molecule has 8 rings (SSSR count). The summed E-state index contributed by atoms with van der Waals surface area (Å²) in [4.78, 5) is 27.6. The van der Waals surface area contributed by atoms with E-state index in [1.807, 2.05) is 0 Å². The predicted molar refractivity (Wildman–Crippen MR) is 248 cm³/mol. The number of Topliss-reactive ketones (excluding diaryl/α,β-unsaturated/α-hetero) is 2. The minimum absolute atomic E-state index is 0.0158. The van der Waals surface area contributed by atoms with Crippen molar-refractivity contribution >= 4 is 22.3 Å². The van der Waals surface area contributed by atoms with Crippen LogP contribution in [-0.4, -0.2) is 211 Å². The number of hydrogen-bond donors (Lipinski definition) is 10. The van der Waals surface area contributed by atoms with E-state index in [0.717, 1.165) is 6.92 Å². The quantitative estimate of drug-likeness (QED) is 0.119. The van der Waals surface area contributed by atoms with E-state index in [1.165, 1.54) is 20.1 Å². The van der Waals surface area contributed by atoms with Crippen LogP contribution < -0.4 is 4.74 Å². The van der Waals surface area contributed by atoms with Gasteiger partial charge in [0.25, 0.3) is 0 Å². The summed E-state index contributed by atoms with van der Waals surface area (Å²) in [6.45, 7) is 10.7. The van der Waals surface area contributed by atoms with Gasteiger partial charge in [0.15, 0.2) is 36.7 Å². The molecule has 0 spiro atoms. The zero-order valence-corrected chi connectivity index (χ0v) is 42.0. The number of carbonyl (C=O) groups excluding carboxylic acids is 2. The topological polar surface area (TPSA) is 338 Å². The van der Waals surface area contributed by atoms with E-state index >= 15 is 0 Å². The zero-order chi connectivity index (χ0) is 53.1. The van der Waals surface area contributed by atoms with Gasteiger partial charge in [-0.25, -0.2) is 0 Å². The summed E-state index contributed by atoms with van der Waals surface area (Å²) >= 11 is 0. The Kier molecular flexibility index (Phi) is 17.4. The number of phenolic OH excluding ortho intramolecular Hbond substituents is 2. The Morgan fingerprint density at radius 1 is 0.616 bits per heavy atom. The average molecular weight is 1040 g/mol. The highest BCUT2D eigenvalue weighted by atomic mass is 16.7. The maximum atomic E-state index is 14.9. The number of aromatic hydroxyl groups is 2. The number of carbonyl (C=O) groups is 2. The molecule has 73 heavy (non-hydrogen) atoms.